The van der Waals surface area contributed by atoms with Gasteiger partial charge in [-0.15, -0.1) is 11.3 Å². The summed E-state index contributed by atoms with van der Waals surface area (Å²) in [6.45, 7) is 8.43. The average Bonchev–Trinajstić information content (AvgIpc) is 3.03. The summed E-state index contributed by atoms with van der Waals surface area (Å²) in [6, 6.07) is 9.51. The fraction of sp³-hybridized carbons (Fsp3) is 0.391. The second-order valence-electron chi connectivity index (χ2n) is 7.93. The van der Waals surface area contributed by atoms with E-state index in [1.807, 2.05) is 58.0 Å². The third-order valence-corrected chi connectivity index (χ3v) is 7.28. The van der Waals surface area contributed by atoms with Crippen molar-refractivity contribution in [1.29, 1.82) is 0 Å². The summed E-state index contributed by atoms with van der Waals surface area (Å²) in [5.74, 6) is -0.476. The largest absolute Gasteiger partial charge is 0.370 e. The van der Waals surface area contributed by atoms with Gasteiger partial charge in [0.2, 0.25) is 11.8 Å². The lowest BCUT2D eigenvalue weighted by Crippen LogP contribution is -2.35. The van der Waals surface area contributed by atoms with Crippen molar-refractivity contribution in [1.82, 2.24) is 14.5 Å². The molecule has 0 fully saturated rings. The number of carbonyl (C=O) groups is 2. The number of fused-ring (bicyclic) bond motifs is 1. The lowest BCUT2D eigenvalue weighted by atomic mass is 10.2. The van der Waals surface area contributed by atoms with Crippen LogP contribution < -0.4 is 11.3 Å². The van der Waals surface area contributed by atoms with Crippen LogP contribution >= 0.6 is 23.1 Å². The highest BCUT2D eigenvalue weighted by atomic mass is 32.2. The third kappa shape index (κ3) is 5.39. The number of aryl methyl sites for hydroxylation is 2. The summed E-state index contributed by atoms with van der Waals surface area (Å²) in [6.07, 6.45) is 0.0951. The van der Waals surface area contributed by atoms with Crippen molar-refractivity contribution in [3.05, 3.63) is 56.7 Å². The molecule has 0 spiro atoms. The molecule has 2 heterocycles. The Kier molecular flexibility index (Phi) is 7.73. The fourth-order valence-electron chi connectivity index (χ4n) is 3.40. The van der Waals surface area contributed by atoms with Crippen molar-refractivity contribution in [2.45, 2.75) is 51.9 Å². The molecule has 3 aromatic rings. The van der Waals surface area contributed by atoms with Crippen molar-refractivity contribution < 1.29 is 9.59 Å². The van der Waals surface area contributed by atoms with Crippen LogP contribution in [-0.2, 0) is 16.1 Å². The molecule has 0 aliphatic carbocycles. The highest BCUT2D eigenvalue weighted by molar-refractivity contribution is 7.99. The Morgan fingerprint density at radius 2 is 1.91 bits per heavy atom. The first-order valence-electron chi connectivity index (χ1n) is 10.4. The summed E-state index contributed by atoms with van der Waals surface area (Å²) < 4.78 is 1.66. The molecule has 0 radical (unpaired) electrons. The number of carbonyl (C=O) groups excluding carboxylic acids is 2. The Morgan fingerprint density at radius 3 is 2.53 bits per heavy atom. The quantitative estimate of drug-likeness (QED) is 0.379. The first-order valence-corrected chi connectivity index (χ1v) is 12.2. The summed E-state index contributed by atoms with van der Waals surface area (Å²) in [5.41, 5.74) is 7.17. The van der Waals surface area contributed by atoms with Crippen LogP contribution in [0.3, 0.4) is 0 Å². The molecule has 7 nitrogen and oxygen atoms in total. The molecule has 170 valence electrons. The molecule has 2 aromatic heterocycles. The lowest BCUT2D eigenvalue weighted by Gasteiger charge is -2.23. The number of primary amides is 1. The first kappa shape index (κ1) is 24.0. The number of thioether (sulfide) groups is 1. The normalized spacial score (nSPS) is 11.3. The molecule has 9 heteroatoms. The number of rotatable bonds is 9. The lowest BCUT2D eigenvalue weighted by molar-refractivity contribution is -0.129. The van der Waals surface area contributed by atoms with Gasteiger partial charge in [-0.3, -0.25) is 19.0 Å². The van der Waals surface area contributed by atoms with Crippen LogP contribution in [0.5, 0.6) is 0 Å². The highest BCUT2D eigenvalue weighted by Gasteiger charge is 2.21. The van der Waals surface area contributed by atoms with Gasteiger partial charge < -0.3 is 10.6 Å². The van der Waals surface area contributed by atoms with E-state index in [9.17, 15) is 14.4 Å². The molecule has 2 amide bonds. The Morgan fingerprint density at radius 1 is 1.22 bits per heavy atom. The van der Waals surface area contributed by atoms with E-state index in [0.717, 1.165) is 16.0 Å². The van der Waals surface area contributed by atoms with Crippen LogP contribution in [-0.4, -0.2) is 38.6 Å². The summed E-state index contributed by atoms with van der Waals surface area (Å²) in [7, 11) is 0. The van der Waals surface area contributed by atoms with Gasteiger partial charge in [0.15, 0.2) is 5.16 Å². The Balaban J connectivity index is 1.85. The maximum Gasteiger partial charge on any atom is 0.263 e. The van der Waals surface area contributed by atoms with E-state index in [0.29, 0.717) is 21.9 Å². The summed E-state index contributed by atoms with van der Waals surface area (Å²) >= 11 is 2.75. The van der Waals surface area contributed by atoms with Crippen molar-refractivity contribution in [2.75, 3.05) is 12.3 Å². The van der Waals surface area contributed by atoms with E-state index in [2.05, 4.69) is 0 Å². The van der Waals surface area contributed by atoms with Gasteiger partial charge in [-0.05, 0) is 38.8 Å². The van der Waals surface area contributed by atoms with Gasteiger partial charge in [-0.25, -0.2) is 4.98 Å². The number of nitrogens with zero attached hydrogens (tertiary/aromatic N) is 3. The predicted molar refractivity (Wildman–Crippen MR) is 130 cm³/mol. The van der Waals surface area contributed by atoms with E-state index < -0.39 is 5.91 Å². The second kappa shape index (κ2) is 10.3. The van der Waals surface area contributed by atoms with Gasteiger partial charge in [-0.1, -0.05) is 42.1 Å². The topological polar surface area (TPSA) is 98.3 Å². The molecule has 0 saturated heterocycles. The van der Waals surface area contributed by atoms with E-state index in [1.165, 1.54) is 23.1 Å². The van der Waals surface area contributed by atoms with Crippen molar-refractivity contribution >= 4 is 45.1 Å². The number of aromatic nitrogens is 2. The number of hydrogen-bond acceptors (Lipinski definition) is 6. The van der Waals surface area contributed by atoms with Crippen molar-refractivity contribution in [2.24, 2.45) is 5.73 Å². The fourth-order valence-corrected chi connectivity index (χ4v) is 5.50. The molecule has 0 atom stereocenters. The zero-order chi connectivity index (χ0) is 23.4. The SMILES string of the molecule is Cc1sc2nc(SCC(=O)N(CCC(N)=O)Cc3ccccc3)n(C(C)C)c(=O)c2c1C. The van der Waals surface area contributed by atoms with E-state index in [-0.39, 0.29) is 36.2 Å². The maximum absolute atomic E-state index is 13.2. The van der Waals surface area contributed by atoms with Gasteiger partial charge in [-0.2, -0.15) is 0 Å². The average molecular weight is 473 g/mol. The minimum Gasteiger partial charge on any atom is -0.370 e. The number of amides is 2. The van der Waals surface area contributed by atoms with Crippen LogP contribution in [0.1, 0.15) is 42.3 Å². The molecule has 0 aliphatic heterocycles. The van der Waals surface area contributed by atoms with E-state index >= 15 is 0 Å². The van der Waals surface area contributed by atoms with Gasteiger partial charge >= 0.3 is 0 Å². The molecule has 0 unspecified atom stereocenters. The van der Waals surface area contributed by atoms with Crippen LogP contribution in [0.15, 0.2) is 40.3 Å². The molecule has 0 saturated carbocycles. The van der Waals surface area contributed by atoms with Crippen LogP contribution in [0.4, 0.5) is 0 Å². The molecule has 0 aliphatic rings. The standard InChI is InChI=1S/C23H28N4O3S2/c1-14(2)27-22(30)20-15(3)16(4)32-21(20)25-23(27)31-13-19(29)26(11-10-18(24)28)12-17-8-6-5-7-9-17/h5-9,14H,10-13H2,1-4H3,(H2,24,28). The molecule has 2 N–H and O–H groups in total. The smallest absolute Gasteiger partial charge is 0.263 e. The minimum absolute atomic E-state index is 0.0725. The zero-order valence-electron chi connectivity index (χ0n) is 18.8. The Labute approximate surface area is 195 Å². The van der Waals surface area contributed by atoms with Crippen LogP contribution in [0.2, 0.25) is 0 Å². The Hall–Kier alpha value is -2.65. The number of nitrogens with two attached hydrogens (primary N) is 1. The van der Waals surface area contributed by atoms with Gasteiger partial charge in [0.1, 0.15) is 4.83 Å². The first-order chi connectivity index (χ1) is 15.2. The van der Waals surface area contributed by atoms with E-state index in [1.54, 1.807) is 9.47 Å². The van der Waals surface area contributed by atoms with Gasteiger partial charge in [0, 0.05) is 30.4 Å². The predicted octanol–water partition coefficient (Wildman–Crippen LogP) is 3.65. The minimum atomic E-state index is -0.451. The molecular formula is C23H28N4O3S2. The monoisotopic (exact) mass is 472 g/mol. The summed E-state index contributed by atoms with van der Waals surface area (Å²) in [4.78, 5) is 45.7. The Bertz CT molecular complexity index is 1190. The highest BCUT2D eigenvalue weighted by Crippen LogP contribution is 2.29. The van der Waals surface area contributed by atoms with Crippen LogP contribution in [0.25, 0.3) is 10.2 Å². The van der Waals surface area contributed by atoms with Crippen LogP contribution in [0, 0.1) is 13.8 Å². The third-order valence-electron chi connectivity index (χ3n) is 5.24. The van der Waals surface area contributed by atoms with Gasteiger partial charge in [0.05, 0.1) is 11.1 Å². The molecule has 1 aromatic carbocycles. The number of hydrogen-bond donors (Lipinski definition) is 1. The van der Waals surface area contributed by atoms with Crippen molar-refractivity contribution in [3.8, 4) is 0 Å². The number of thiophene rings is 1. The van der Waals surface area contributed by atoms with Gasteiger partial charge in [0.25, 0.3) is 5.56 Å². The van der Waals surface area contributed by atoms with Crippen molar-refractivity contribution in [3.63, 3.8) is 0 Å². The summed E-state index contributed by atoms with van der Waals surface area (Å²) in [5, 5.41) is 1.19. The zero-order valence-corrected chi connectivity index (χ0v) is 20.4. The second-order valence-corrected chi connectivity index (χ2v) is 10.1. The van der Waals surface area contributed by atoms with E-state index in [4.69, 9.17) is 10.7 Å². The number of benzene rings is 1. The molecule has 3 rings (SSSR count). The molecule has 0 bridgehead atoms. The molecular weight excluding hydrogens is 444 g/mol. The molecule has 32 heavy (non-hydrogen) atoms. The maximum atomic E-state index is 13.2.